The van der Waals surface area contributed by atoms with Gasteiger partial charge in [-0.1, -0.05) is 0 Å². The van der Waals surface area contributed by atoms with Gasteiger partial charge in [0.15, 0.2) is 0 Å². The summed E-state index contributed by atoms with van der Waals surface area (Å²) in [6.07, 6.45) is 1.94. The summed E-state index contributed by atoms with van der Waals surface area (Å²) in [5.74, 6) is -0.707. The molecule has 0 bridgehead atoms. The molecular weight excluding hydrogens is 220 g/mol. The summed E-state index contributed by atoms with van der Waals surface area (Å²) < 4.78 is 5.30. The lowest BCUT2D eigenvalue weighted by Crippen LogP contribution is -2.25. The number of rotatable bonds is 3. The molecule has 0 aliphatic carbocycles. The normalized spacial score (nSPS) is 11.9. The van der Waals surface area contributed by atoms with Crippen molar-refractivity contribution < 1.29 is 19.4 Å². The summed E-state index contributed by atoms with van der Waals surface area (Å²) in [5.41, 5.74) is 0.572. The Kier molecular flexibility index (Phi) is 2.58. The largest absolute Gasteiger partial charge is 0.508 e. The Morgan fingerprint density at radius 2 is 2.12 bits per heavy atom. The molecule has 2 N–H and O–H groups in total. The molecule has 2 aromatic rings. The molecule has 2 rings (SSSR count). The molecule has 0 unspecified atom stereocenters. The van der Waals surface area contributed by atoms with Gasteiger partial charge in [0.1, 0.15) is 11.3 Å². The van der Waals surface area contributed by atoms with Crippen LogP contribution in [0.5, 0.6) is 5.75 Å². The van der Waals surface area contributed by atoms with E-state index in [1.807, 2.05) is 0 Å². The maximum atomic E-state index is 11.1. The topological polar surface area (TPSA) is 70.7 Å². The number of carbonyl (C=O) groups is 1. The number of benzene rings is 1. The molecule has 0 spiro atoms. The van der Waals surface area contributed by atoms with Crippen LogP contribution in [-0.2, 0) is 11.2 Å². The number of aliphatic carboxylic acids is 1. The van der Waals surface area contributed by atoms with Crippen molar-refractivity contribution in [3.05, 3.63) is 30.0 Å². The minimum absolute atomic E-state index is 0.135. The van der Waals surface area contributed by atoms with E-state index in [1.54, 1.807) is 32.2 Å². The van der Waals surface area contributed by atoms with Gasteiger partial charge in [-0.2, -0.15) is 0 Å². The lowest BCUT2D eigenvalue weighted by atomic mass is 9.86. The SMILES string of the molecule is CC(C)(Cc1coc2cc(O)ccc12)C(=O)O. The van der Waals surface area contributed by atoms with Gasteiger partial charge in [-0.25, -0.2) is 0 Å². The smallest absolute Gasteiger partial charge is 0.309 e. The first-order valence-corrected chi connectivity index (χ1v) is 5.32. The molecule has 1 aromatic carbocycles. The van der Waals surface area contributed by atoms with Crippen LogP contribution in [0.25, 0.3) is 11.0 Å². The molecule has 0 saturated carbocycles. The zero-order valence-corrected chi connectivity index (χ0v) is 9.73. The van der Waals surface area contributed by atoms with Crippen LogP contribution in [0.15, 0.2) is 28.9 Å². The fourth-order valence-electron chi connectivity index (χ4n) is 1.76. The number of carboxylic acids is 1. The van der Waals surface area contributed by atoms with E-state index in [9.17, 15) is 9.90 Å². The van der Waals surface area contributed by atoms with Crippen molar-refractivity contribution in [3.63, 3.8) is 0 Å². The van der Waals surface area contributed by atoms with E-state index in [4.69, 9.17) is 9.52 Å². The van der Waals surface area contributed by atoms with Crippen LogP contribution in [-0.4, -0.2) is 16.2 Å². The molecule has 0 amide bonds. The van der Waals surface area contributed by atoms with Gasteiger partial charge < -0.3 is 14.6 Å². The summed E-state index contributed by atoms with van der Waals surface area (Å²) in [5, 5.41) is 19.2. The third-order valence-electron chi connectivity index (χ3n) is 2.85. The van der Waals surface area contributed by atoms with E-state index < -0.39 is 11.4 Å². The highest BCUT2D eigenvalue weighted by Gasteiger charge is 2.28. The first kappa shape index (κ1) is 11.5. The van der Waals surface area contributed by atoms with E-state index in [0.29, 0.717) is 12.0 Å². The van der Waals surface area contributed by atoms with Gasteiger partial charge in [-0.3, -0.25) is 4.79 Å². The Morgan fingerprint density at radius 3 is 2.76 bits per heavy atom. The van der Waals surface area contributed by atoms with Crippen LogP contribution in [0.3, 0.4) is 0 Å². The Morgan fingerprint density at radius 1 is 1.41 bits per heavy atom. The van der Waals surface area contributed by atoms with Crippen LogP contribution < -0.4 is 0 Å². The number of fused-ring (bicyclic) bond motifs is 1. The Balaban J connectivity index is 2.41. The van der Waals surface area contributed by atoms with Crippen LogP contribution >= 0.6 is 0 Å². The molecule has 0 fully saturated rings. The van der Waals surface area contributed by atoms with Gasteiger partial charge in [-0.15, -0.1) is 0 Å². The zero-order valence-electron chi connectivity index (χ0n) is 9.73. The highest BCUT2D eigenvalue weighted by Crippen LogP contribution is 2.30. The van der Waals surface area contributed by atoms with Crippen molar-refractivity contribution >= 4 is 16.9 Å². The molecule has 1 heterocycles. The molecule has 0 saturated heterocycles. The third kappa shape index (κ3) is 2.11. The monoisotopic (exact) mass is 234 g/mol. The third-order valence-corrected chi connectivity index (χ3v) is 2.85. The van der Waals surface area contributed by atoms with Crippen molar-refractivity contribution in [1.82, 2.24) is 0 Å². The minimum Gasteiger partial charge on any atom is -0.508 e. The zero-order chi connectivity index (χ0) is 12.6. The maximum Gasteiger partial charge on any atom is 0.309 e. The Hall–Kier alpha value is -1.97. The van der Waals surface area contributed by atoms with E-state index in [-0.39, 0.29) is 5.75 Å². The molecule has 0 aliphatic heterocycles. The summed E-state index contributed by atoms with van der Waals surface area (Å²) in [6, 6.07) is 4.82. The van der Waals surface area contributed by atoms with E-state index in [2.05, 4.69) is 0 Å². The molecule has 4 nitrogen and oxygen atoms in total. The molecule has 90 valence electrons. The average molecular weight is 234 g/mol. The number of aromatic hydroxyl groups is 1. The average Bonchev–Trinajstić information content (AvgIpc) is 2.60. The first-order chi connectivity index (χ1) is 7.90. The summed E-state index contributed by atoms with van der Waals surface area (Å²) in [4.78, 5) is 11.1. The van der Waals surface area contributed by atoms with Gasteiger partial charge in [-0.05, 0) is 38.0 Å². The van der Waals surface area contributed by atoms with Gasteiger partial charge in [0, 0.05) is 11.5 Å². The van der Waals surface area contributed by atoms with E-state index in [1.165, 1.54) is 6.07 Å². The summed E-state index contributed by atoms with van der Waals surface area (Å²) in [7, 11) is 0. The molecular formula is C13H14O4. The van der Waals surface area contributed by atoms with Crippen LogP contribution in [0, 0.1) is 5.41 Å². The summed E-state index contributed by atoms with van der Waals surface area (Å²) in [6.45, 7) is 3.35. The van der Waals surface area contributed by atoms with Crippen molar-refractivity contribution in [1.29, 1.82) is 0 Å². The molecule has 0 aliphatic rings. The van der Waals surface area contributed by atoms with Crippen molar-refractivity contribution in [2.24, 2.45) is 5.41 Å². The minimum atomic E-state index is -0.842. The van der Waals surface area contributed by atoms with E-state index in [0.717, 1.165) is 10.9 Å². The number of hydrogen-bond acceptors (Lipinski definition) is 3. The van der Waals surface area contributed by atoms with Crippen molar-refractivity contribution in [2.45, 2.75) is 20.3 Å². The Bertz CT molecular complexity index is 566. The fraction of sp³-hybridized carbons (Fsp3) is 0.308. The van der Waals surface area contributed by atoms with Crippen LogP contribution in [0.4, 0.5) is 0 Å². The lowest BCUT2D eigenvalue weighted by Gasteiger charge is -2.17. The van der Waals surface area contributed by atoms with Crippen LogP contribution in [0.1, 0.15) is 19.4 Å². The second-order valence-electron chi connectivity index (χ2n) is 4.81. The van der Waals surface area contributed by atoms with Crippen LogP contribution in [0.2, 0.25) is 0 Å². The lowest BCUT2D eigenvalue weighted by molar-refractivity contribution is -0.146. The van der Waals surface area contributed by atoms with Gasteiger partial charge in [0.05, 0.1) is 11.7 Å². The predicted octanol–water partition coefficient (Wildman–Crippen LogP) is 2.79. The molecule has 17 heavy (non-hydrogen) atoms. The fourth-order valence-corrected chi connectivity index (χ4v) is 1.76. The first-order valence-electron chi connectivity index (χ1n) is 5.32. The molecule has 4 heteroatoms. The number of furan rings is 1. The molecule has 1 aromatic heterocycles. The second-order valence-corrected chi connectivity index (χ2v) is 4.81. The van der Waals surface area contributed by atoms with Crippen molar-refractivity contribution in [2.75, 3.05) is 0 Å². The number of phenolic OH excluding ortho intramolecular Hbond substituents is 1. The van der Waals surface area contributed by atoms with Gasteiger partial charge in [0.2, 0.25) is 0 Å². The molecule has 0 radical (unpaired) electrons. The maximum absolute atomic E-state index is 11.1. The quantitative estimate of drug-likeness (QED) is 0.856. The summed E-state index contributed by atoms with van der Waals surface area (Å²) >= 11 is 0. The van der Waals surface area contributed by atoms with Gasteiger partial charge >= 0.3 is 5.97 Å². The second kappa shape index (κ2) is 3.80. The standard InChI is InChI=1S/C13H14O4/c1-13(2,12(15)16)6-8-7-17-11-5-9(14)3-4-10(8)11/h3-5,7,14H,6H2,1-2H3,(H,15,16). The number of hydrogen-bond donors (Lipinski definition) is 2. The predicted molar refractivity (Wildman–Crippen MR) is 63.0 cm³/mol. The molecule has 0 atom stereocenters. The number of phenols is 1. The highest BCUT2D eigenvalue weighted by atomic mass is 16.4. The highest BCUT2D eigenvalue weighted by molar-refractivity contribution is 5.83. The number of carboxylic acid groups (broad SMARTS) is 1. The van der Waals surface area contributed by atoms with Crippen molar-refractivity contribution in [3.8, 4) is 5.75 Å². The van der Waals surface area contributed by atoms with E-state index >= 15 is 0 Å². The Labute approximate surface area is 98.5 Å². The van der Waals surface area contributed by atoms with Gasteiger partial charge in [0.25, 0.3) is 0 Å².